The Hall–Kier alpha value is -2.89. The maximum atomic E-state index is 12.5. The SMILES string of the molecule is CC(=O)NC(C)C#Cc1ccc(Oc2ccc(S(=O)(=O)N(C)C(C)C)cc2)nc1. The second kappa shape index (κ2) is 9.54. The average molecular weight is 416 g/mol. The van der Waals surface area contributed by atoms with Crippen LogP contribution >= 0.6 is 0 Å². The summed E-state index contributed by atoms with van der Waals surface area (Å²) >= 11 is 0. The number of rotatable bonds is 6. The van der Waals surface area contributed by atoms with Crippen molar-refractivity contribution in [2.75, 3.05) is 7.05 Å². The van der Waals surface area contributed by atoms with E-state index in [1.54, 1.807) is 44.4 Å². The van der Waals surface area contributed by atoms with Gasteiger partial charge in [-0.05, 0) is 51.1 Å². The first-order valence-electron chi connectivity index (χ1n) is 9.10. The van der Waals surface area contributed by atoms with Crippen molar-refractivity contribution in [2.45, 2.75) is 44.7 Å². The van der Waals surface area contributed by atoms with Gasteiger partial charge in [-0.2, -0.15) is 4.31 Å². The first-order valence-corrected chi connectivity index (χ1v) is 10.5. The number of nitrogens with zero attached hydrogens (tertiary/aromatic N) is 2. The number of amides is 1. The fourth-order valence-corrected chi connectivity index (χ4v) is 3.66. The zero-order chi connectivity index (χ0) is 21.6. The third-order valence-electron chi connectivity index (χ3n) is 4.04. The summed E-state index contributed by atoms with van der Waals surface area (Å²) in [6, 6.07) is 9.23. The molecule has 0 aliphatic rings. The molecule has 154 valence electrons. The Balaban J connectivity index is 2.06. The fourth-order valence-electron chi connectivity index (χ4n) is 2.29. The lowest BCUT2D eigenvalue weighted by molar-refractivity contribution is -0.119. The number of hydrogen-bond donors (Lipinski definition) is 1. The van der Waals surface area contributed by atoms with Gasteiger partial charge < -0.3 is 10.1 Å². The van der Waals surface area contributed by atoms with Crippen LogP contribution in [0.25, 0.3) is 0 Å². The third kappa shape index (κ3) is 6.31. The molecule has 0 aliphatic heterocycles. The maximum absolute atomic E-state index is 12.5. The molecule has 1 heterocycles. The molecule has 2 rings (SSSR count). The molecular weight excluding hydrogens is 390 g/mol. The lowest BCUT2D eigenvalue weighted by atomic mass is 10.2. The van der Waals surface area contributed by atoms with Crippen LogP contribution in [0, 0.1) is 11.8 Å². The molecule has 1 amide bonds. The van der Waals surface area contributed by atoms with Crippen LogP contribution in [-0.2, 0) is 14.8 Å². The number of sulfonamides is 1. The van der Waals surface area contributed by atoms with Crippen molar-refractivity contribution in [3.05, 3.63) is 48.2 Å². The molecule has 1 atom stereocenters. The zero-order valence-corrected chi connectivity index (χ0v) is 17.9. The molecule has 0 aliphatic carbocycles. The third-order valence-corrected chi connectivity index (χ3v) is 6.09. The highest BCUT2D eigenvalue weighted by molar-refractivity contribution is 7.89. The van der Waals surface area contributed by atoms with Crippen LogP contribution in [-0.4, -0.2) is 42.7 Å². The van der Waals surface area contributed by atoms with Crippen molar-refractivity contribution in [1.82, 2.24) is 14.6 Å². The topological polar surface area (TPSA) is 88.6 Å². The molecule has 8 heteroatoms. The van der Waals surface area contributed by atoms with Crippen LogP contribution in [0.2, 0.25) is 0 Å². The number of hydrogen-bond acceptors (Lipinski definition) is 5. The smallest absolute Gasteiger partial charge is 0.243 e. The molecule has 1 unspecified atom stereocenters. The summed E-state index contributed by atoms with van der Waals surface area (Å²) in [7, 11) is -1.98. The van der Waals surface area contributed by atoms with Crippen molar-refractivity contribution < 1.29 is 17.9 Å². The normalized spacial score (nSPS) is 12.2. The van der Waals surface area contributed by atoms with E-state index in [1.165, 1.54) is 23.4 Å². The van der Waals surface area contributed by atoms with Crippen LogP contribution in [0.3, 0.4) is 0 Å². The standard InChI is InChI=1S/C21H25N3O4S/c1-15(2)24(5)29(26,27)20-11-9-19(10-12-20)28-21-13-8-18(14-22-21)7-6-16(3)23-17(4)25/h8-16H,1-5H3,(H,23,25). The molecule has 0 saturated heterocycles. The van der Waals surface area contributed by atoms with Crippen LogP contribution in [0.5, 0.6) is 11.6 Å². The molecule has 0 spiro atoms. The lowest BCUT2D eigenvalue weighted by Crippen LogP contribution is -2.32. The van der Waals surface area contributed by atoms with Crippen LogP contribution in [0.4, 0.5) is 0 Å². The van der Waals surface area contributed by atoms with Crippen molar-refractivity contribution in [2.24, 2.45) is 0 Å². The number of nitrogens with one attached hydrogen (secondary N) is 1. The first kappa shape index (κ1) is 22.4. The molecule has 29 heavy (non-hydrogen) atoms. The summed E-state index contributed by atoms with van der Waals surface area (Å²) in [5.41, 5.74) is 0.688. The Labute approximate surface area is 172 Å². The van der Waals surface area contributed by atoms with Crippen molar-refractivity contribution in [3.8, 4) is 23.5 Å². The highest BCUT2D eigenvalue weighted by Gasteiger charge is 2.22. The molecule has 1 aromatic carbocycles. The van der Waals surface area contributed by atoms with Gasteiger partial charge in [-0.1, -0.05) is 11.8 Å². The molecule has 0 fully saturated rings. The second-order valence-electron chi connectivity index (χ2n) is 6.77. The van der Waals surface area contributed by atoms with E-state index in [-0.39, 0.29) is 22.9 Å². The molecule has 0 bridgehead atoms. The Kier molecular flexibility index (Phi) is 7.37. The Morgan fingerprint density at radius 2 is 1.79 bits per heavy atom. The maximum Gasteiger partial charge on any atom is 0.243 e. The highest BCUT2D eigenvalue weighted by Crippen LogP contribution is 2.23. The van der Waals surface area contributed by atoms with E-state index in [1.807, 2.05) is 13.8 Å². The fraction of sp³-hybridized carbons (Fsp3) is 0.333. The molecule has 0 radical (unpaired) electrons. The van der Waals surface area contributed by atoms with Gasteiger partial charge in [0.25, 0.3) is 0 Å². The summed E-state index contributed by atoms with van der Waals surface area (Å²) in [6.45, 7) is 6.86. The van der Waals surface area contributed by atoms with E-state index in [4.69, 9.17) is 4.74 Å². The summed E-state index contributed by atoms with van der Waals surface area (Å²) in [4.78, 5) is 15.4. The lowest BCUT2D eigenvalue weighted by Gasteiger charge is -2.21. The predicted molar refractivity (Wildman–Crippen MR) is 111 cm³/mol. The van der Waals surface area contributed by atoms with Crippen molar-refractivity contribution in [1.29, 1.82) is 0 Å². The van der Waals surface area contributed by atoms with Gasteiger partial charge in [0.1, 0.15) is 5.75 Å². The van der Waals surface area contributed by atoms with Gasteiger partial charge in [0.2, 0.25) is 21.8 Å². The number of carbonyl (C=O) groups is 1. The number of carbonyl (C=O) groups excluding carboxylic acids is 1. The number of benzene rings is 1. The predicted octanol–water partition coefficient (Wildman–Crippen LogP) is 2.78. The minimum absolute atomic E-state index is 0.136. The summed E-state index contributed by atoms with van der Waals surface area (Å²) in [6.07, 6.45) is 1.57. The van der Waals surface area contributed by atoms with E-state index >= 15 is 0 Å². The first-order chi connectivity index (χ1) is 13.6. The monoisotopic (exact) mass is 415 g/mol. The Bertz CT molecular complexity index is 1000. The van der Waals surface area contributed by atoms with E-state index < -0.39 is 10.0 Å². The van der Waals surface area contributed by atoms with Gasteiger partial charge in [-0.3, -0.25) is 4.79 Å². The van der Waals surface area contributed by atoms with E-state index in [0.717, 1.165) is 0 Å². The molecular formula is C21H25N3O4S. The highest BCUT2D eigenvalue weighted by atomic mass is 32.2. The molecule has 7 nitrogen and oxygen atoms in total. The number of ether oxygens (including phenoxy) is 1. The minimum Gasteiger partial charge on any atom is -0.439 e. The van der Waals surface area contributed by atoms with Crippen LogP contribution in [0.1, 0.15) is 33.3 Å². The number of pyridine rings is 1. The average Bonchev–Trinajstić information content (AvgIpc) is 2.66. The zero-order valence-electron chi connectivity index (χ0n) is 17.1. The summed E-state index contributed by atoms with van der Waals surface area (Å²) in [5.74, 6) is 6.54. The van der Waals surface area contributed by atoms with Gasteiger partial charge >= 0.3 is 0 Å². The van der Waals surface area contributed by atoms with E-state index in [9.17, 15) is 13.2 Å². The largest absolute Gasteiger partial charge is 0.439 e. The van der Waals surface area contributed by atoms with Gasteiger partial charge in [0.05, 0.1) is 10.9 Å². The molecule has 2 aromatic rings. The summed E-state index contributed by atoms with van der Waals surface area (Å²) in [5, 5.41) is 2.68. The van der Waals surface area contributed by atoms with E-state index in [0.29, 0.717) is 17.2 Å². The van der Waals surface area contributed by atoms with Crippen molar-refractivity contribution >= 4 is 15.9 Å². The summed E-state index contributed by atoms with van der Waals surface area (Å²) < 4.78 is 32.0. The van der Waals surface area contributed by atoms with Gasteiger partial charge in [-0.25, -0.2) is 13.4 Å². The minimum atomic E-state index is -3.53. The van der Waals surface area contributed by atoms with Gasteiger partial charge in [0.15, 0.2) is 0 Å². The molecule has 1 N–H and O–H groups in total. The number of aromatic nitrogens is 1. The Morgan fingerprint density at radius 1 is 1.14 bits per heavy atom. The quantitative estimate of drug-likeness (QED) is 0.733. The van der Waals surface area contributed by atoms with Crippen molar-refractivity contribution in [3.63, 3.8) is 0 Å². The van der Waals surface area contributed by atoms with Gasteiger partial charge in [0, 0.05) is 37.8 Å². The van der Waals surface area contributed by atoms with E-state index in [2.05, 4.69) is 22.1 Å². The molecule has 0 saturated carbocycles. The Morgan fingerprint density at radius 3 is 2.31 bits per heavy atom. The van der Waals surface area contributed by atoms with Crippen LogP contribution < -0.4 is 10.1 Å². The van der Waals surface area contributed by atoms with Gasteiger partial charge in [-0.15, -0.1) is 0 Å². The van der Waals surface area contributed by atoms with Crippen LogP contribution in [0.15, 0.2) is 47.5 Å². The second-order valence-corrected chi connectivity index (χ2v) is 8.76. The molecule has 1 aromatic heterocycles.